The number of ether oxygens (including phenoxy) is 1. The van der Waals surface area contributed by atoms with Crippen LogP contribution in [-0.2, 0) is 4.74 Å². The van der Waals surface area contributed by atoms with Crippen LogP contribution in [0, 0.1) is 12.3 Å². The molecule has 0 aromatic carbocycles. The summed E-state index contributed by atoms with van der Waals surface area (Å²) in [5, 5.41) is 0. The van der Waals surface area contributed by atoms with Gasteiger partial charge in [-0.3, -0.25) is 4.90 Å². The van der Waals surface area contributed by atoms with Crippen molar-refractivity contribution in [2.24, 2.45) is 0 Å². The number of likely N-dealkylation sites (tertiary alicyclic amines) is 1. The third kappa shape index (κ3) is 1.32. The normalized spacial score (nSPS) is 30.7. The average molecular weight is 241 g/mol. The molecule has 3 saturated heterocycles. The van der Waals surface area contributed by atoms with Crippen LogP contribution in [0.25, 0.3) is 0 Å². The molecule has 0 bridgehead atoms. The number of aromatic nitrogens is 1. The van der Waals surface area contributed by atoms with Crippen LogP contribution in [0.5, 0.6) is 0 Å². The maximum atomic E-state index is 5.33. The quantitative estimate of drug-likeness (QED) is 0.698. The molecule has 4 heteroatoms. The molecule has 2 atom stereocenters. The van der Waals surface area contributed by atoms with Gasteiger partial charge >= 0.3 is 0 Å². The van der Waals surface area contributed by atoms with Crippen LogP contribution >= 0.6 is 0 Å². The van der Waals surface area contributed by atoms with Crippen LogP contribution in [-0.4, -0.2) is 54.3 Å². The first-order valence-electron chi connectivity index (χ1n) is 6.39. The fraction of sp³-hybridized carbons (Fsp3) is 0.500. The summed E-state index contributed by atoms with van der Waals surface area (Å²) in [6.45, 7) is 4.07. The lowest BCUT2D eigenvalue weighted by Crippen LogP contribution is -2.82. The highest BCUT2D eigenvalue weighted by molar-refractivity contribution is 5.49. The van der Waals surface area contributed by atoms with Crippen LogP contribution in [0.2, 0.25) is 0 Å². The second-order valence-corrected chi connectivity index (χ2v) is 5.22. The van der Waals surface area contributed by atoms with E-state index in [2.05, 4.69) is 20.7 Å². The number of terminal acetylenes is 1. The number of pyridine rings is 1. The van der Waals surface area contributed by atoms with Gasteiger partial charge in [-0.05, 0) is 12.1 Å². The summed E-state index contributed by atoms with van der Waals surface area (Å²) >= 11 is 0. The van der Waals surface area contributed by atoms with E-state index in [1.54, 1.807) is 6.20 Å². The SMILES string of the molecule is C#Cc1ccc(N2CC3[C@H]2CN3C2COC2)nc1. The fourth-order valence-corrected chi connectivity index (χ4v) is 3.03. The van der Waals surface area contributed by atoms with Gasteiger partial charge in [-0.1, -0.05) is 5.92 Å². The molecule has 0 spiro atoms. The highest BCUT2D eigenvalue weighted by Crippen LogP contribution is 2.38. The van der Waals surface area contributed by atoms with Crippen molar-refractivity contribution in [3.8, 4) is 12.3 Å². The summed E-state index contributed by atoms with van der Waals surface area (Å²) < 4.78 is 5.25. The summed E-state index contributed by atoms with van der Waals surface area (Å²) in [5.74, 6) is 3.65. The van der Waals surface area contributed by atoms with Crippen molar-refractivity contribution >= 4 is 5.82 Å². The first-order valence-corrected chi connectivity index (χ1v) is 6.39. The van der Waals surface area contributed by atoms with E-state index >= 15 is 0 Å². The summed E-state index contributed by atoms with van der Waals surface area (Å²) in [5.41, 5.74) is 0.845. The van der Waals surface area contributed by atoms with Crippen LogP contribution in [0.4, 0.5) is 5.82 Å². The van der Waals surface area contributed by atoms with E-state index in [0.717, 1.165) is 37.7 Å². The Morgan fingerprint density at radius 2 is 2.17 bits per heavy atom. The molecule has 1 aromatic rings. The van der Waals surface area contributed by atoms with Crippen molar-refractivity contribution in [2.75, 3.05) is 31.2 Å². The molecule has 0 radical (unpaired) electrons. The Morgan fingerprint density at radius 1 is 1.28 bits per heavy atom. The van der Waals surface area contributed by atoms with Gasteiger partial charge in [0.2, 0.25) is 0 Å². The van der Waals surface area contributed by atoms with Crippen LogP contribution in [0.3, 0.4) is 0 Å². The predicted molar refractivity (Wildman–Crippen MR) is 68.4 cm³/mol. The van der Waals surface area contributed by atoms with Crippen LogP contribution in [0.1, 0.15) is 5.56 Å². The number of hydrogen-bond donors (Lipinski definition) is 0. The zero-order valence-corrected chi connectivity index (χ0v) is 10.1. The standard InChI is InChI=1S/C14H15N3O/c1-2-10-3-4-14(15-5-10)17-7-12-13(17)6-16(12)11-8-18-9-11/h1,3-5,11-13H,6-9H2/t12?,13-/m1/s1. The largest absolute Gasteiger partial charge is 0.378 e. The maximum absolute atomic E-state index is 5.33. The lowest BCUT2D eigenvalue weighted by Gasteiger charge is -2.65. The Kier molecular flexibility index (Phi) is 2.14. The molecule has 0 saturated carbocycles. The summed E-state index contributed by atoms with van der Waals surface area (Å²) in [6, 6.07) is 6.03. The summed E-state index contributed by atoms with van der Waals surface area (Å²) in [6.07, 6.45) is 7.11. The minimum atomic E-state index is 0.648. The predicted octanol–water partition coefficient (Wildman–Crippen LogP) is 0.334. The van der Waals surface area contributed by atoms with Gasteiger partial charge < -0.3 is 9.64 Å². The highest BCUT2D eigenvalue weighted by atomic mass is 16.5. The first-order chi connectivity index (χ1) is 8.86. The number of nitrogens with zero attached hydrogens (tertiary/aromatic N) is 3. The summed E-state index contributed by atoms with van der Waals surface area (Å²) in [4.78, 5) is 9.38. The van der Waals surface area contributed by atoms with E-state index in [-0.39, 0.29) is 0 Å². The number of anilines is 1. The third-order valence-corrected chi connectivity index (χ3v) is 4.35. The molecular formula is C14H15N3O. The second-order valence-electron chi connectivity index (χ2n) is 5.22. The van der Waals surface area contributed by atoms with Crippen LogP contribution in [0.15, 0.2) is 18.3 Å². The van der Waals surface area contributed by atoms with Gasteiger partial charge in [-0.2, -0.15) is 0 Å². The van der Waals surface area contributed by atoms with Gasteiger partial charge in [-0.15, -0.1) is 6.42 Å². The Labute approximate surface area is 107 Å². The van der Waals surface area contributed by atoms with Gasteiger partial charge in [0.05, 0.1) is 25.3 Å². The average Bonchev–Trinajstić information content (AvgIpc) is 2.33. The van der Waals surface area contributed by atoms with Gasteiger partial charge in [0, 0.05) is 30.9 Å². The van der Waals surface area contributed by atoms with Gasteiger partial charge in [0.1, 0.15) is 5.82 Å². The van der Waals surface area contributed by atoms with Crippen molar-refractivity contribution < 1.29 is 4.74 Å². The lowest BCUT2D eigenvalue weighted by atomic mass is 9.83. The number of piperazine rings is 1. The van der Waals surface area contributed by atoms with Crippen molar-refractivity contribution in [3.05, 3.63) is 23.9 Å². The van der Waals surface area contributed by atoms with E-state index in [4.69, 9.17) is 11.2 Å². The number of rotatable bonds is 2. The Hall–Kier alpha value is -1.57. The summed E-state index contributed by atoms with van der Waals surface area (Å²) in [7, 11) is 0. The maximum Gasteiger partial charge on any atom is 0.128 e. The molecule has 0 N–H and O–H groups in total. The van der Waals surface area contributed by atoms with Gasteiger partial charge in [0.25, 0.3) is 0 Å². The molecule has 0 amide bonds. The Balaban J connectivity index is 1.42. The van der Waals surface area contributed by atoms with E-state index in [1.807, 2.05) is 12.1 Å². The van der Waals surface area contributed by atoms with Gasteiger partial charge in [0.15, 0.2) is 0 Å². The number of fused-ring (bicyclic) bond motifs is 1. The molecular weight excluding hydrogens is 226 g/mol. The van der Waals surface area contributed by atoms with Crippen molar-refractivity contribution in [2.45, 2.75) is 18.1 Å². The van der Waals surface area contributed by atoms with Gasteiger partial charge in [-0.25, -0.2) is 4.98 Å². The molecule has 3 aliphatic rings. The number of hydrogen-bond acceptors (Lipinski definition) is 4. The molecule has 4 nitrogen and oxygen atoms in total. The van der Waals surface area contributed by atoms with E-state index in [0.29, 0.717) is 18.1 Å². The smallest absolute Gasteiger partial charge is 0.128 e. The molecule has 4 rings (SSSR count). The third-order valence-electron chi connectivity index (χ3n) is 4.35. The fourth-order valence-electron chi connectivity index (χ4n) is 3.03. The van der Waals surface area contributed by atoms with E-state index in [1.165, 1.54) is 0 Å². The Morgan fingerprint density at radius 3 is 2.67 bits per heavy atom. The van der Waals surface area contributed by atoms with Crippen molar-refractivity contribution in [3.63, 3.8) is 0 Å². The minimum absolute atomic E-state index is 0.648. The zero-order valence-electron chi connectivity index (χ0n) is 10.1. The highest BCUT2D eigenvalue weighted by Gasteiger charge is 2.54. The monoisotopic (exact) mass is 241 g/mol. The lowest BCUT2D eigenvalue weighted by molar-refractivity contribution is -0.132. The molecule has 0 aliphatic carbocycles. The van der Waals surface area contributed by atoms with E-state index in [9.17, 15) is 0 Å². The molecule has 18 heavy (non-hydrogen) atoms. The molecule has 4 heterocycles. The second kappa shape index (κ2) is 3.71. The van der Waals surface area contributed by atoms with Crippen molar-refractivity contribution in [1.29, 1.82) is 0 Å². The molecule has 1 aromatic heterocycles. The molecule has 92 valence electrons. The first kappa shape index (κ1) is 10.4. The van der Waals surface area contributed by atoms with Crippen LogP contribution < -0.4 is 4.90 Å². The zero-order chi connectivity index (χ0) is 12.1. The molecule has 1 unspecified atom stereocenters. The molecule has 3 fully saturated rings. The van der Waals surface area contributed by atoms with E-state index < -0.39 is 0 Å². The van der Waals surface area contributed by atoms with Crippen molar-refractivity contribution in [1.82, 2.24) is 9.88 Å². The minimum Gasteiger partial charge on any atom is -0.378 e. The Bertz CT molecular complexity index is 503. The molecule has 3 aliphatic heterocycles. The topological polar surface area (TPSA) is 28.6 Å².